The van der Waals surface area contributed by atoms with Gasteiger partial charge in [-0.25, -0.2) is 4.98 Å². The number of benzene rings is 4. The number of para-hydroxylation sites is 3. The molecule has 0 aliphatic carbocycles. The summed E-state index contributed by atoms with van der Waals surface area (Å²) < 4.78 is 0. The second-order valence-corrected chi connectivity index (χ2v) is 9.37. The molecule has 3 nitrogen and oxygen atoms in total. The van der Waals surface area contributed by atoms with E-state index in [-0.39, 0.29) is 5.92 Å². The Morgan fingerprint density at radius 3 is 2.42 bits per heavy atom. The lowest BCUT2D eigenvalue weighted by molar-refractivity contribution is 0.903. The Balaban J connectivity index is 1.46. The first-order valence-corrected chi connectivity index (χ1v) is 12.4. The number of anilines is 1. The van der Waals surface area contributed by atoms with Crippen LogP contribution in [0.3, 0.4) is 0 Å². The van der Waals surface area contributed by atoms with Gasteiger partial charge in [-0.2, -0.15) is 0 Å². The highest BCUT2D eigenvalue weighted by Crippen LogP contribution is 2.47. The lowest BCUT2D eigenvalue weighted by Crippen LogP contribution is -2.24. The molecule has 3 heteroatoms. The number of hydrogen-bond donors (Lipinski definition) is 1. The Morgan fingerprint density at radius 2 is 1.47 bits per heavy atom. The van der Waals surface area contributed by atoms with E-state index in [9.17, 15) is 0 Å². The molecule has 0 unspecified atom stereocenters. The van der Waals surface area contributed by atoms with Crippen LogP contribution in [0.1, 0.15) is 28.3 Å². The molecule has 2 aromatic heterocycles. The molecule has 0 saturated carbocycles. The molecule has 0 saturated heterocycles. The van der Waals surface area contributed by atoms with E-state index >= 15 is 0 Å². The van der Waals surface area contributed by atoms with E-state index in [1.54, 1.807) is 0 Å². The smallest absolute Gasteiger partial charge is 0.0709 e. The topological polar surface area (TPSA) is 31.9 Å². The minimum absolute atomic E-state index is 0.0676. The molecule has 36 heavy (non-hydrogen) atoms. The zero-order valence-electron chi connectivity index (χ0n) is 19.8. The van der Waals surface area contributed by atoms with Gasteiger partial charge in [-0.15, -0.1) is 0 Å². The molecule has 1 aliphatic heterocycles. The summed E-state index contributed by atoms with van der Waals surface area (Å²) in [7, 11) is 0. The summed E-state index contributed by atoms with van der Waals surface area (Å²) in [4.78, 5) is 11.0. The van der Waals surface area contributed by atoms with Crippen LogP contribution in [0.4, 0.5) is 5.69 Å². The first-order chi connectivity index (χ1) is 17.8. The summed E-state index contributed by atoms with van der Waals surface area (Å²) in [6, 6.07) is 40.7. The third-order valence-corrected chi connectivity index (χ3v) is 7.19. The van der Waals surface area contributed by atoms with Crippen molar-refractivity contribution in [1.29, 1.82) is 0 Å². The van der Waals surface area contributed by atoms with Gasteiger partial charge in [0.15, 0.2) is 0 Å². The van der Waals surface area contributed by atoms with Crippen LogP contribution >= 0.6 is 0 Å². The highest BCUT2D eigenvalue weighted by molar-refractivity contribution is 5.92. The predicted octanol–water partition coefficient (Wildman–Crippen LogP) is 7.91. The van der Waals surface area contributed by atoms with Gasteiger partial charge in [0.2, 0.25) is 0 Å². The summed E-state index contributed by atoms with van der Waals surface area (Å²) in [5.74, 6) is 0.0676. The number of nitrogens with zero attached hydrogens (tertiary/aromatic N) is 2. The van der Waals surface area contributed by atoms with Crippen molar-refractivity contribution in [1.82, 2.24) is 9.97 Å². The Kier molecular flexibility index (Phi) is 4.92. The van der Waals surface area contributed by atoms with Crippen LogP contribution in [-0.4, -0.2) is 9.97 Å². The average molecular weight is 464 g/mol. The molecular weight excluding hydrogens is 438 g/mol. The number of fused-ring (bicyclic) bond motifs is 3. The predicted molar refractivity (Wildman–Crippen MR) is 149 cm³/mol. The maximum absolute atomic E-state index is 5.15. The summed E-state index contributed by atoms with van der Waals surface area (Å²) in [6.07, 6.45) is 4.49. The lowest BCUT2D eigenvalue weighted by Gasteiger charge is -2.35. The van der Waals surface area contributed by atoms with E-state index in [1.165, 1.54) is 33.3 Å². The molecule has 1 atom stereocenters. The fourth-order valence-corrected chi connectivity index (χ4v) is 5.49. The maximum atomic E-state index is 5.15. The Bertz CT molecular complexity index is 1730. The van der Waals surface area contributed by atoms with E-state index in [0.717, 1.165) is 28.7 Å². The van der Waals surface area contributed by atoms with Gasteiger partial charge in [0.05, 0.1) is 11.2 Å². The van der Waals surface area contributed by atoms with E-state index in [1.807, 2.05) is 0 Å². The largest absolute Gasteiger partial charge is 0.361 e. The second-order valence-electron chi connectivity index (χ2n) is 9.37. The Morgan fingerprint density at radius 1 is 0.694 bits per heavy atom. The summed E-state index contributed by atoms with van der Waals surface area (Å²) in [5.41, 5.74) is 9.48. The van der Waals surface area contributed by atoms with E-state index in [4.69, 9.17) is 4.98 Å². The van der Waals surface area contributed by atoms with Crippen molar-refractivity contribution in [3.63, 3.8) is 0 Å². The fourth-order valence-electron chi connectivity index (χ4n) is 5.49. The molecule has 1 N–H and O–H groups in total. The van der Waals surface area contributed by atoms with Gasteiger partial charge in [0, 0.05) is 52.4 Å². The minimum Gasteiger partial charge on any atom is -0.361 e. The van der Waals surface area contributed by atoms with Crippen LogP contribution < -0.4 is 4.90 Å². The van der Waals surface area contributed by atoms with Crippen LogP contribution in [0.5, 0.6) is 0 Å². The van der Waals surface area contributed by atoms with Crippen LogP contribution in [0.2, 0.25) is 0 Å². The van der Waals surface area contributed by atoms with Crippen LogP contribution in [0.15, 0.2) is 128 Å². The molecule has 7 rings (SSSR count). The standard InChI is InChI=1S/C33H25N3/c1-2-10-23(11-3-1)21-36-22-28(31-19-18-24-12-4-7-15-29(24)35-31)33(26-14-6-9-17-32(26)36)27-20-34-30-16-8-5-13-25(27)30/h1-20,22,33-34H,21H2/t33-/m1/s1. The van der Waals surface area contributed by atoms with Crippen LogP contribution in [0, 0.1) is 0 Å². The van der Waals surface area contributed by atoms with Crippen molar-refractivity contribution in [2.75, 3.05) is 4.90 Å². The van der Waals surface area contributed by atoms with Crippen molar-refractivity contribution in [3.8, 4) is 0 Å². The zero-order chi connectivity index (χ0) is 23.9. The fraction of sp³-hybridized carbons (Fsp3) is 0.0606. The lowest BCUT2D eigenvalue weighted by atomic mass is 9.80. The number of H-pyrrole nitrogens is 1. The Labute approximate surface area is 210 Å². The Hall–Kier alpha value is -4.63. The summed E-state index contributed by atoms with van der Waals surface area (Å²) in [5, 5.41) is 2.41. The third kappa shape index (κ3) is 3.48. The first kappa shape index (κ1) is 20.7. The van der Waals surface area contributed by atoms with E-state index < -0.39 is 0 Å². The van der Waals surface area contributed by atoms with Crippen molar-refractivity contribution in [2.24, 2.45) is 0 Å². The van der Waals surface area contributed by atoms with Gasteiger partial charge >= 0.3 is 0 Å². The summed E-state index contributed by atoms with van der Waals surface area (Å²) in [6.45, 7) is 0.801. The van der Waals surface area contributed by atoms with Crippen molar-refractivity contribution in [3.05, 3.63) is 150 Å². The monoisotopic (exact) mass is 463 g/mol. The molecule has 4 aromatic carbocycles. The van der Waals surface area contributed by atoms with Gasteiger partial charge < -0.3 is 9.88 Å². The molecule has 0 fully saturated rings. The number of pyridine rings is 1. The number of hydrogen-bond acceptors (Lipinski definition) is 2. The van der Waals surface area contributed by atoms with Crippen molar-refractivity contribution >= 4 is 33.1 Å². The highest BCUT2D eigenvalue weighted by Gasteiger charge is 2.31. The molecule has 172 valence electrons. The van der Waals surface area contributed by atoms with Gasteiger partial charge in [-0.1, -0.05) is 91.0 Å². The quantitative estimate of drug-likeness (QED) is 0.288. The van der Waals surface area contributed by atoms with Gasteiger partial charge in [0.1, 0.15) is 0 Å². The van der Waals surface area contributed by atoms with Gasteiger partial charge in [-0.3, -0.25) is 0 Å². The normalized spacial score (nSPS) is 15.2. The second kappa shape index (κ2) is 8.54. The zero-order valence-corrected chi connectivity index (χ0v) is 19.8. The molecule has 3 heterocycles. The number of aromatic amines is 1. The van der Waals surface area contributed by atoms with Crippen LogP contribution in [-0.2, 0) is 6.54 Å². The maximum Gasteiger partial charge on any atom is 0.0709 e. The average Bonchev–Trinajstić information content (AvgIpc) is 3.37. The number of aromatic nitrogens is 2. The molecule has 0 radical (unpaired) electrons. The summed E-state index contributed by atoms with van der Waals surface area (Å²) >= 11 is 0. The third-order valence-electron chi connectivity index (χ3n) is 7.19. The number of nitrogens with one attached hydrogen (secondary N) is 1. The first-order valence-electron chi connectivity index (χ1n) is 12.4. The minimum atomic E-state index is 0.0676. The van der Waals surface area contributed by atoms with Crippen molar-refractivity contribution < 1.29 is 0 Å². The SMILES string of the molecule is C1=C(c2ccc3ccccc3n2)[C@@H](c2c[nH]c3ccccc23)c2ccccc2N1Cc1ccccc1. The molecule has 1 aliphatic rings. The molecule has 0 spiro atoms. The molecular formula is C33H25N3. The molecule has 0 amide bonds. The van der Waals surface area contributed by atoms with Gasteiger partial charge in [0.25, 0.3) is 0 Å². The van der Waals surface area contributed by atoms with Gasteiger partial charge in [-0.05, 0) is 41.0 Å². The molecule has 6 aromatic rings. The van der Waals surface area contributed by atoms with Crippen molar-refractivity contribution in [2.45, 2.75) is 12.5 Å². The van der Waals surface area contributed by atoms with E-state index in [0.29, 0.717) is 0 Å². The molecule has 0 bridgehead atoms. The van der Waals surface area contributed by atoms with Crippen LogP contribution in [0.25, 0.3) is 27.4 Å². The number of rotatable bonds is 4. The van der Waals surface area contributed by atoms with E-state index in [2.05, 4.69) is 138 Å². The number of allylic oxidation sites excluding steroid dienone is 1. The highest BCUT2D eigenvalue weighted by atomic mass is 15.1.